The lowest BCUT2D eigenvalue weighted by atomic mass is 10.2. The predicted molar refractivity (Wildman–Crippen MR) is 95.9 cm³/mol. The molecule has 4 heterocycles. The third-order valence-electron chi connectivity index (χ3n) is 3.94. The van der Waals surface area contributed by atoms with Crippen LogP contribution in [0.4, 0.5) is 0 Å². The minimum Gasteiger partial charge on any atom is -0.288 e. The summed E-state index contributed by atoms with van der Waals surface area (Å²) >= 11 is 1.56. The summed E-state index contributed by atoms with van der Waals surface area (Å²) < 4.78 is 2.59. The van der Waals surface area contributed by atoms with Gasteiger partial charge >= 0.3 is 5.69 Å². The van der Waals surface area contributed by atoms with Gasteiger partial charge in [-0.25, -0.2) is 24.3 Å². The van der Waals surface area contributed by atoms with Gasteiger partial charge in [0.1, 0.15) is 0 Å². The zero-order valence-corrected chi connectivity index (χ0v) is 13.6. The number of nitrogens with one attached hydrogen (secondary N) is 1. The van der Waals surface area contributed by atoms with Crippen molar-refractivity contribution < 1.29 is 0 Å². The average Bonchev–Trinajstić information content (AvgIpc) is 3.24. The quantitative estimate of drug-likeness (QED) is 0.531. The van der Waals surface area contributed by atoms with Crippen LogP contribution in [-0.4, -0.2) is 29.5 Å². The molecule has 120 valence electrons. The van der Waals surface area contributed by atoms with Crippen LogP contribution in [0.15, 0.2) is 59.2 Å². The van der Waals surface area contributed by atoms with Crippen LogP contribution in [0.1, 0.15) is 0 Å². The predicted octanol–water partition coefficient (Wildman–Crippen LogP) is 2.78. The molecule has 0 saturated carbocycles. The SMILES string of the molecule is O=c1[nH]c2ncc(-c3ccncc3)nc2n1-c1ccc2scnc2c1. The Labute approximate surface area is 144 Å². The minimum atomic E-state index is -0.281. The number of H-pyrrole nitrogens is 1. The molecule has 1 N–H and O–H groups in total. The molecule has 5 aromatic rings. The van der Waals surface area contributed by atoms with Gasteiger partial charge in [0.2, 0.25) is 0 Å². The Bertz CT molecular complexity index is 1270. The first-order chi connectivity index (χ1) is 12.3. The van der Waals surface area contributed by atoms with Crippen LogP contribution in [0.25, 0.3) is 38.5 Å². The van der Waals surface area contributed by atoms with Gasteiger partial charge in [-0.15, -0.1) is 11.3 Å². The van der Waals surface area contributed by atoms with E-state index in [1.54, 1.807) is 35.4 Å². The highest BCUT2D eigenvalue weighted by atomic mass is 32.1. The molecule has 0 amide bonds. The topological polar surface area (TPSA) is 89.4 Å². The molecule has 0 saturated heterocycles. The zero-order chi connectivity index (χ0) is 16.8. The van der Waals surface area contributed by atoms with Crippen LogP contribution < -0.4 is 5.69 Å². The van der Waals surface area contributed by atoms with Crippen LogP contribution >= 0.6 is 11.3 Å². The Morgan fingerprint density at radius 3 is 2.84 bits per heavy atom. The Kier molecular flexibility index (Phi) is 2.98. The summed E-state index contributed by atoms with van der Waals surface area (Å²) in [5, 5.41) is 0. The van der Waals surface area contributed by atoms with Crippen LogP contribution in [0.2, 0.25) is 0 Å². The van der Waals surface area contributed by atoms with E-state index >= 15 is 0 Å². The minimum absolute atomic E-state index is 0.281. The summed E-state index contributed by atoms with van der Waals surface area (Å²) in [5.41, 5.74) is 5.55. The average molecular weight is 346 g/mol. The molecule has 5 rings (SSSR count). The molecule has 0 aliphatic heterocycles. The molecule has 4 aromatic heterocycles. The zero-order valence-electron chi connectivity index (χ0n) is 12.7. The molecular weight excluding hydrogens is 336 g/mol. The van der Waals surface area contributed by atoms with Crippen molar-refractivity contribution in [2.45, 2.75) is 0 Å². The van der Waals surface area contributed by atoms with Gasteiger partial charge in [-0.2, -0.15) is 0 Å². The molecule has 25 heavy (non-hydrogen) atoms. The molecule has 0 spiro atoms. The van der Waals surface area contributed by atoms with Crippen LogP contribution in [0.3, 0.4) is 0 Å². The van der Waals surface area contributed by atoms with Gasteiger partial charge in [0.25, 0.3) is 0 Å². The van der Waals surface area contributed by atoms with Gasteiger partial charge < -0.3 is 0 Å². The lowest BCUT2D eigenvalue weighted by Crippen LogP contribution is -2.14. The molecule has 0 aliphatic rings. The van der Waals surface area contributed by atoms with E-state index in [1.165, 1.54) is 4.57 Å². The molecule has 7 nitrogen and oxygen atoms in total. The number of aromatic nitrogens is 6. The molecule has 0 atom stereocenters. The Morgan fingerprint density at radius 1 is 1.08 bits per heavy atom. The highest BCUT2D eigenvalue weighted by Crippen LogP contribution is 2.23. The van der Waals surface area contributed by atoms with Crippen molar-refractivity contribution in [3.05, 3.63) is 64.9 Å². The molecule has 0 bridgehead atoms. The first kappa shape index (κ1) is 14.0. The number of pyridine rings is 1. The highest BCUT2D eigenvalue weighted by molar-refractivity contribution is 7.16. The summed E-state index contributed by atoms with van der Waals surface area (Å²) in [5.74, 6) is 0. The smallest absolute Gasteiger partial charge is 0.288 e. The number of nitrogens with zero attached hydrogens (tertiary/aromatic N) is 5. The number of imidazole rings is 1. The number of rotatable bonds is 2. The van der Waals surface area contributed by atoms with E-state index in [9.17, 15) is 4.79 Å². The fourth-order valence-electron chi connectivity index (χ4n) is 2.76. The molecular formula is C17H10N6OS. The molecule has 1 aromatic carbocycles. The molecule has 0 fully saturated rings. The molecule has 0 unspecified atom stereocenters. The third-order valence-corrected chi connectivity index (χ3v) is 4.75. The van der Waals surface area contributed by atoms with Crippen LogP contribution in [-0.2, 0) is 0 Å². The van der Waals surface area contributed by atoms with Crippen LogP contribution in [0, 0.1) is 0 Å². The summed E-state index contributed by atoms with van der Waals surface area (Å²) in [6.45, 7) is 0. The Hall–Kier alpha value is -3.39. The van der Waals surface area contributed by atoms with E-state index in [0.29, 0.717) is 22.7 Å². The lowest BCUT2D eigenvalue weighted by Gasteiger charge is -2.04. The second-order valence-electron chi connectivity index (χ2n) is 5.43. The Morgan fingerprint density at radius 2 is 1.96 bits per heavy atom. The normalized spacial score (nSPS) is 11.4. The summed E-state index contributed by atoms with van der Waals surface area (Å²) in [4.78, 5) is 32.5. The van der Waals surface area contributed by atoms with Crippen molar-refractivity contribution in [2.24, 2.45) is 0 Å². The number of aromatic amines is 1. The van der Waals surface area contributed by atoms with E-state index in [0.717, 1.165) is 15.8 Å². The van der Waals surface area contributed by atoms with Gasteiger partial charge in [-0.3, -0.25) is 9.97 Å². The highest BCUT2D eigenvalue weighted by Gasteiger charge is 2.13. The monoisotopic (exact) mass is 346 g/mol. The van der Waals surface area contributed by atoms with E-state index < -0.39 is 0 Å². The van der Waals surface area contributed by atoms with Crippen molar-refractivity contribution in [3.63, 3.8) is 0 Å². The second kappa shape index (κ2) is 5.32. The molecule has 0 radical (unpaired) electrons. The van der Waals surface area contributed by atoms with Gasteiger partial charge in [0, 0.05) is 18.0 Å². The van der Waals surface area contributed by atoms with Gasteiger partial charge in [0.15, 0.2) is 11.3 Å². The standard InChI is InChI=1S/C17H10N6OS/c24-17-22-15-16(21-13(8-19-15)10-3-5-18-6-4-10)23(17)11-1-2-14-12(7-11)20-9-25-14/h1-9H,(H,19,22,24). The first-order valence-corrected chi connectivity index (χ1v) is 8.39. The Balaban J connectivity index is 1.76. The third kappa shape index (κ3) is 2.23. The first-order valence-electron chi connectivity index (χ1n) is 7.51. The second-order valence-corrected chi connectivity index (χ2v) is 6.32. The summed E-state index contributed by atoms with van der Waals surface area (Å²) in [6.07, 6.45) is 5.03. The van der Waals surface area contributed by atoms with Crippen molar-refractivity contribution >= 4 is 32.8 Å². The van der Waals surface area contributed by atoms with Gasteiger partial charge in [-0.1, -0.05) is 0 Å². The van der Waals surface area contributed by atoms with E-state index in [4.69, 9.17) is 0 Å². The van der Waals surface area contributed by atoms with Crippen molar-refractivity contribution in [3.8, 4) is 16.9 Å². The van der Waals surface area contributed by atoms with Crippen molar-refractivity contribution in [1.29, 1.82) is 0 Å². The fraction of sp³-hybridized carbons (Fsp3) is 0. The number of hydrogen-bond acceptors (Lipinski definition) is 6. The summed E-state index contributed by atoms with van der Waals surface area (Å²) in [7, 11) is 0. The number of fused-ring (bicyclic) bond motifs is 2. The maximum Gasteiger partial charge on any atom is 0.333 e. The molecule has 0 aliphatic carbocycles. The number of benzene rings is 1. The van der Waals surface area contributed by atoms with E-state index in [2.05, 4.69) is 24.9 Å². The maximum atomic E-state index is 12.5. The van der Waals surface area contributed by atoms with Crippen LogP contribution in [0.5, 0.6) is 0 Å². The van der Waals surface area contributed by atoms with Crippen molar-refractivity contribution in [1.82, 2.24) is 29.5 Å². The maximum absolute atomic E-state index is 12.5. The van der Waals surface area contributed by atoms with Gasteiger partial charge in [0.05, 0.1) is 33.3 Å². The molecule has 8 heteroatoms. The fourth-order valence-corrected chi connectivity index (χ4v) is 3.42. The van der Waals surface area contributed by atoms with Gasteiger partial charge in [-0.05, 0) is 30.3 Å². The van der Waals surface area contributed by atoms with E-state index in [-0.39, 0.29) is 5.69 Å². The van der Waals surface area contributed by atoms with Crippen molar-refractivity contribution in [2.75, 3.05) is 0 Å². The summed E-state index contributed by atoms with van der Waals surface area (Å²) in [6, 6.07) is 9.42. The largest absolute Gasteiger partial charge is 0.333 e. The lowest BCUT2D eigenvalue weighted by molar-refractivity contribution is 1.00. The van der Waals surface area contributed by atoms with E-state index in [1.807, 2.05) is 30.3 Å². The number of thiazole rings is 1. The number of hydrogen-bond donors (Lipinski definition) is 1.